The lowest BCUT2D eigenvalue weighted by Gasteiger charge is -2.44. The Morgan fingerprint density at radius 2 is 1.46 bits per heavy atom. The molecular weight excluding hydrogens is 320 g/mol. The van der Waals surface area contributed by atoms with Crippen molar-refractivity contribution in [2.24, 2.45) is 0 Å². The van der Waals surface area contributed by atoms with Gasteiger partial charge in [0.05, 0.1) is 6.04 Å². The van der Waals surface area contributed by atoms with Gasteiger partial charge in [0.1, 0.15) is 0 Å². The third-order valence-corrected chi connectivity index (χ3v) is 5.56. The van der Waals surface area contributed by atoms with E-state index in [0.29, 0.717) is 11.9 Å². The van der Waals surface area contributed by atoms with Gasteiger partial charge in [-0.05, 0) is 30.4 Å². The first-order valence-corrected chi connectivity index (χ1v) is 9.58. The van der Waals surface area contributed by atoms with Crippen molar-refractivity contribution in [2.75, 3.05) is 6.54 Å². The molecule has 0 aliphatic carbocycles. The Morgan fingerprint density at radius 3 is 2.08 bits per heavy atom. The third kappa shape index (κ3) is 3.73. The Hall–Kier alpha value is -2.39. The summed E-state index contributed by atoms with van der Waals surface area (Å²) in [5, 5.41) is 0. The van der Waals surface area contributed by atoms with Gasteiger partial charge in [-0.25, -0.2) is 0 Å². The molecule has 3 heteroatoms. The summed E-state index contributed by atoms with van der Waals surface area (Å²) in [5.41, 5.74) is 2.52. The molecule has 134 valence electrons. The molecule has 2 aliphatic rings. The SMILES string of the molecule is O=C1[C@@H](N(Cc2ccccc2)Cc2ccccc2)CC[C@H]2CC=CCN12. The molecule has 0 unspecified atom stereocenters. The highest BCUT2D eigenvalue weighted by Crippen LogP contribution is 2.28. The molecular formula is C23H26N2O. The van der Waals surface area contributed by atoms with Crippen molar-refractivity contribution in [3.8, 4) is 0 Å². The summed E-state index contributed by atoms with van der Waals surface area (Å²) in [6.07, 6.45) is 7.42. The summed E-state index contributed by atoms with van der Waals surface area (Å²) in [7, 11) is 0. The standard InChI is InChI=1S/C23H26N2O/c26-23-22(15-14-21-13-7-8-16-25(21)23)24(17-19-9-3-1-4-10-19)18-20-11-5-2-6-12-20/h1-12,21-22H,13-18H2/t21-,22+/m1/s1. The van der Waals surface area contributed by atoms with Crippen molar-refractivity contribution in [1.29, 1.82) is 0 Å². The van der Waals surface area contributed by atoms with Crippen molar-refractivity contribution in [3.63, 3.8) is 0 Å². The lowest BCUT2D eigenvalue weighted by Crippen LogP contribution is -2.56. The van der Waals surface area contributed by atoms with Crippen molar-refractivity contribution in [3.05, 3.63) is 83.9 Å². The van der Waals surface area contributed by atoms with Gasteiger partial charge in [-0.3, -0.25) is 9.69 Å². The van der Waals surface area contributed by atoms with Gasteiger partial charge >= 0.3 is 0 Å². The average molecular weight is 346 g/mol. The molecule has 0 spiro atoms. The maximum absolute atomic E-state index is 13.2. The van der Waals surface area contributed by atoms with Crippen LogP contribution in [0.1, 0.15) is 30.4 Å². The van der Waals surface area contributed by atoms with Crippen LogP contribution < -0.4 is 0 Å². The van der Waals surface area contributed by atoms with Gasteiger partial charge in [-0.2, -0.15) is 0 Å². The van der Waals surface area contributed by atoms with Crippen LogP contribution >= 0.6 is 0 Å². The van der Waals surface area contributed by atoms with Crippen LogP contribution in [0.5, 0.6) is 0 Å². The third-order valence-electron chi connectivity index (χ3n) is 5.56. The van der Waals surface area contributed by atoms with Gasteiger partial charge in [-0.15, -0.1) is 0 Å². The van der Waals surface area contributed by atoms with Crippen molar-refractivity contribution in [1.82, 2.24) is 9.80 Å². The minimum Gasteiger partial charge on any atom is -0.334 e. The van der Waals surface area contributed by atoms with Gasteiger partial charge in [0.2, 0.25) is 5.91 Å². The molecule has 26 heavy (non-hydrogen) atoms. The van der Waals surface area contributed by atoms with E-state index in [9.17, 15) is 4.79 Å². The number of carbonyl (C=O) groups excluding carboxylic acids is 1. The predicted octanol–water partition coefficient (Wildman–Crippen LogP) is 4.01. The highest BCUT2D eigenvalue weighted by atomic mass is 16.2. The number of nitrogens with zero attached hydrogens (tertiary/aromatic N) is 2. The van der Waals surface area contributed by atoms with E-state index < -0.39 is 0 Å². The van der Waals surface area contributed by atoms with Gasteiger partial charge < -0.3 is 4.90 Å². The number of carbonyl (C=O) groups is 1. The zero-order chi connectivity index (χ0) is 17.8. The first kappa shape index (κ1) is 17.0. The average Bonchev–Trinajstić information content (AvgIpc) is 2.70. The number of hydrogen-bond donors (Lipinski definition) is 0. The molecule has 2 heterocycles. The first-order valence-electron chi connectivity index (χ1n) is 9.58. The molecule has 4 rings (SSSR count). The molecule has 0 N–H and O–H groups in total. The summed E-state index contributed by atoms with van der Waals surface area (Å²) in [4.78, 5) is 17.7. The molecule has 0 saturated carbocycles. The normalized spacial score (nSPS) is 22.5. The number of benzene rings is 2. The summed E-state index contributed by atoms with van der Waals surface area (Å²) < 4.78 is 0. The van der Waals surface area contributed by atoms with E-state index >= 15 is 0 Å². The molecule has 1 fully saturated rings. The maximum Gasteiger partial charge on any atom is 0.240 e. The highest BCUT2D eigenvalue weighted by molar-refractivity contribution is 5.83. The van der Waals surface area contributed by atoms with E-state index in [2.05, 4.69) is 70.5 Å². The summed E-state index contributed by atoms with van der Waals surface area (Å²) >= 11 is 0. The van der Waals surface area contributed by atoms with E-state index in [1.165, 1.54) is 11.1 Å². The second-order valence-electron chi connectivity index (χ2n) is 7.32. The van der Waals surface area contributed by atoms with E-state index in [1.54, 1.807) is 0 Å². The molecule has 0 radical (unpaired) electrons. The van der Waals surface area contributed by atoms with Crippen LogP contribution in [0.25, 0.3) is 0 Å². The number of hydrogen-bond acceptors (Lipinski definition) is 2. The monoisotopic (exact) mass is 346 g/mol. The molecule has 1 saturated heterocycles. The summed E-state index contributed by atoms with van der Waals surface area (Å²) in [6.45, 7) is 2.38. The van der Waals surface area contributed by atoms with E-state index in [0.717, 1.165) is 38.9 Å². The minimum absolute atomic E-state index is 0.0295. The van der Waals surface area contributed by atoms with Crippen molar-refractivity contribution < 1.29 is 4.79 Å². The molecule has 3 nitrogen and oxygen atoms in total. The molecule has 2 aliphatic heterocycles. The first-order chi connectivity index (χ1) is 12.8. The quantitative estimate of drug-likeness (QED) is 0.764. The second-order valence-corrected chi connectivity index (χ2v) is 7.32. The smallest absolute Gasteiger partial charge is 0.240 e. The lowest BCUT2D eigenvalue weighted by atomic mass is 9.91. The number of amides is 1. The van der Waals surface area contributed by atoms with Crippen LogP contribution in [0, 0.1) is 0 Å². The Balaban J connectivity index is 1.57. The molecule has 2 aromatic rings. The van der Waals surface area contributed by atoms with E-state index in [4.69, 9.17) is 0 Å². The molecule has 2 atom stereocenters. The van der Waals surface area contributed by atoms with Crippen LogP contribution in [0.4, 0.5) is 0 Å². The molecule has 1 amide bonds. The Kier molecular flexibility index (Phi) is 5.16. The zero-order valence-electron chi connectivity index (χ0n) is 15.1. The van der Waals surface area contributed by atoms with Crippen molar-refractivity contribution >= 4 is 5.91 Å². The molecule has 0 aromatic heterocycles. The zero-order valence-corrected chi connectivity index (χ0v) is 15.1. The van der Waals surface area contributed by atoms with E-state index in [1.807, 2.05) is 12.1 Å². The Morgan fingerprint density at radius 1 is 0.846 bits per heavy atom. The Labute approximate surface area is 155 Å². The number of fused-ring (bicyclic) bond motifs is 1. The predicted molar refractivity (Wildman–Crippen MR) is 104 cm³/mol. The maximum atomic E-state index is 13.2. The van der Waals surface area contributed by atoms with E-state index in [-0.39, 0.29) is 6.04 Å². The van der Waals surface area contributed by atoms with Crippen LogP contribution in [0.3, 0.4) is 0 Å². The highest BCUT2D eigenvalue weighted by Gasteiger charge is 2.38. The minimum atomic E-state index is -0.0295. The van der Waals surface area contributed by atoms with Gasteiger partial charge in [-0.1, -0.05) is 72.8 Å². The molecule has 0 bridgehead atoms. The summed E-state index contributed by atoms with van der Waals surface area (Å²) in [5.74, 6) is 0.303. The fourth-order valence-electron chi connectivity index (χ4n) is 4.18. The Bertz CT molecular complexity index is 715. The van der Waals surface area contributed by atoms with Gasteiger partial charge in [0.15, 0.2) is 0 Å². The lowest BCUT2D eigenvalue weighted by molar-refractivity contribution is -0.143. The van der Waals surface area contributed by atoms with Crippen LogP contribution in [-0.2, 0) is 17.9 Å². The largest absolute Gasteiger partial charge is 0.334 e. The fourth-order valence-corrected chi connectivity index (χ4v) is 4.18. The van der Waals surface area contributed by atoms with Crippen LogP contribution in [0.2, 0.25) is 0 Å². The topological polar surface area (TPSA) is 23.6 Å². The van der Waals surface area contributed by atoms with Crippen molar-refractivity contribution in [2.45, 2.75) is 44.4 Å². The second kappa shape index (κ2) is 7.88. The van der Waals surface area contributed by atoms with Crippen LogP contribution in [-0.4, -0.2) is 34.3 Å². The number of rotatable bonds is 5. The molecule has 2 aromatic carbocycles. The van der Waals surface area contributed by atoms with Gasteiger partial charge in [0, 0.05) is 25.7 Å². The fraction of sp³-hybridized carbons (Fsp3) is 0.348. The van der Waals surface area contributed by atoms with Crippen LogP contribution in [0.15, 0.2) is 72.8 Å². The number of piperidine rings is 1. The van der Waals surface area contributed by atoms with Gasteiger partial charge in [0.25, 0.3) is 0 Å². The summed E-state index contributed by atoms with van der Waals surface area (Å²) in [6, 6.07) is 21.4.